The number of carbonyl (C=O) groups excluding carboxylic acids is 1. The largest absolute Gasteiger partial charge is 0.494 e. The van der Waals surface area contributed by atoms with Crippen LogP contribution in [0.15, 0.2) is 29.4 Å². The van der Waals surface area contributed by atoms with Gasteiger partial charge in [-0.2, -0.15) is 0 Å². The monoisotopic (exact) mass is 474 g/mol. The van der Waals surface area contributed by atoms with Crippen molar-refractivity contribution in [2.24, 2.45) is 5.16 Å². The minimum Gasteiger partial charge on any atom is -0.494 e. The number of carbonyl (C=O) groups is 2. The number of aryl methyl sites for hydroxylation is 1. The number of aromatic nitrogens is 2. The Bertz CT molecular complexity index is 1120. The van der Waals surface area contributed by atoms with Crippen LogP contribution in [0, 0.1) is 12.7 Å². The van der Waals surface area contributed by atoms with Crippen molar-refractivity contribution in [2.75, 3.05) is 20.3 Å². The first-order chi connectivity index (χ1) is 16.3. The summed E-state index contributed by atoms with van der Waals surface area (Å²) in [4.78, 5) is 37.7. The molecular formula is C22H23FN4O7. The van der Waals surface area contributed by atoms with Crippen LogP contribution >= 0.6 is 0 Å². The van der Waals surface area contributed by atoms with E-state index in [9.17, 15) is 14.0 Å². The van der Waals surface area contributed by atoms with E-state index in [1.807, 2.05) is 0 Å². The predicted molar refractivity (Wildman–Crippen MR) is 114 cm³/mol. The maximum atomic E-state index is 13.6. The van der Waals surface area contributed by atoms with E-state index in [0.29, 0.717) is 29.2 Å². The molecule has 34 heavy (non-hydrogen) atoms. The standard InChI is InChI=1S/C22H23FN4O7/c1-11-25-14(15-7-18(34-27-15)19-9-33-20(10-32-19)22(29)30)6-16(26-11)21(28)24-8-12-3-4-13(23)17(5-12)31-2/h3-6,18-20H,7-10H2,1-2H3,(H,24,28)(H,29,30)/t18-,19?,20?/m0/s1. The first-order valence-corrected chi connectivity index (χ1v) is 10.5. The molecule has 0 aliphatic carbocycles. The van der Waals surface area contributed by atoms with Gasteiger partial charge in [0.05, 0.1) is 26.0 Å². The molecule has 12 heteroatoms. The number of carboxylic acid groups (broad SMARTS) is 1. The van der Waals surface area contributed by atoms with Crippen LogP contribution in [-0.4, -0.2) is 71.3 Å². The van der Waals surface area contributed by atoms with Crippen molar-refractivity contribution in [2.45, 2.75) is 38.2 Å². The number of benzene rings is 1. The van der Waals surface area contributed by atoms with Gasteiger partial charge >= 0.3 is 5.97 Å². The molecule has 180 valence electrons. The highest BCUT2D eigenvalue weighted by atomic mass is 19.1. The lowest BCUT2D eigenvalue weighted by Gasteiger charge is -2.29. The van der Waals surface area contributed by atoms with Crippen LogP contribution in [0.3, 0.4) is 0 Å². The van der Waals surface area contributed by atoms with Gasteiger partial charge in [0.1, 0.15) is 23.3 Å². The molecule has 1 aromatic carbocycles. The highest BCUT2D eigenvalue weighted by molar-refractivity contribution is 6.02. The zero-order valence-corrected chi connectivity index (χ0v) is 18.5. The van der Waals surface area contributed by atoms with Gasteiger partial charge in [-0.15, -0.1) is 0 Å². The average Bonchev–Trinajstić information content (AvgIpc) is 3.33. The highest BCUT2D eigenvalue weighted by Gasteiger charge is 2.37. The van der Waals surface area contributed by atoms with E-state index in [4.69, 9.17) is 24.2 Å². The fourth-order valence-corrected chi connectivity index (χ4v) is 3.54. The van der Waals surface area contributed by atoms with Gasteiger partial charge in [-0.25, -0.2) is 19.2 Å². The van der Waals surface area contributed by atoms with E-state index in [0.717, 1.165) is 0 Å². The molecule has 2 aliphatic rings. The Morgan fingerprint density at radius 2 is 2.03 bits per heavy atom. The third kappa shape index (κ3) is 5.29. The molecule has 0 radical (unpaired) electrons. The van der Waals surface area contributed by atoms with Crippen molar-refractivity contribution in [3.8, 4) is 5.75 Å². The van der Waals surface area contributed by atoms with E-state index in [1.54, 1.807) is 13.0 Å². The lowest BCUT2D eigenvalue weighted by atomic mass is 10.0. The van der Waals surface area contributed by atoms with Crippen LogP contribution in [0.2, 0.25) is 0 Å². The van der Waals surface area contributed by atoms with Gasteiger partial charge in [0.15, 0.2) is 23.8 Å². The fourth-order valence-electron chi connectivity index (χ4n) is 3.54. The molecule has 2 unspecified atom stereocenters. The Balaban J connectivity index is 1.38. The van der Waals surface area contributed by atoms with Crippen LogP contribution in [0.1, 0.15) is 34.0 Å². The third-order valence-electron chi connectivity index (χ3n) is 5.34. The van der Waals surface area contributed by atoms with Gasteiger partial charge < -0.3 is 29.5 Å². The molecule has 3 heterocycles. The normalized spacial score (nSPS) is 22.0. The number of oxime groups is 1. The van der Waals surface area contributed by atoms with Crippen molar-refractivity contribution < 1.29 is 38.1 Å². The molecule has 1 fully saturated rings. The topological polar surface area (TPSA) is 141 Å². The molecule has 2 aliphatic heterocycles. The van der Waals surface area contributed by atoms with Crippen molar-refractivity contribution in [1.29, 1.82) is 0 Å². The smallest absolute Gasteiger partial charge is 0.335 e. The first-order valence-electron chi connectivity index (χ1n) is 10.5. The molecule has 1 aromatic heterocycles. The summed E-state index contributed by atoms with van der Waals surface area (Å²) in [5.41, 5.74) is 1.75. The number of amides is 1. The summed E-state index contributed by atoms with van der Waals surface area (Å²) in [6.45, 7) is 1.79. The Hall–Kier alpha value is -3.64. The van der Waals surface area contributed by atoms with Crippen LogP contribution in [0.4, 0.5) is 4.39 Å². The molecule has 0 bridgehead atoms. The summed E-state index contributed by atoms with van der Waals surface area (Å²) in [5, 5.41) is 15.8. The number of aliphatic carboxylic acids is 1. The van der Waals surface area contributed by atoms with E-state index in [2.05, 4.69) is 20.4 Å². The number of methoxy groups -OCH3 is 1. The number of hydrogen-bond acceptors (Lipinski definition) is 9. The Morgan fingerprint density at radius 1 is 1.21 bits per heavy atom. The summed E-state index contributed by atoms with van der Waals surface area (Å²) in [6.07, 6.45) is -1.60. The minimum absolute atomic E-state index is 0.0645. The zero-order valence-electron chi connectivity index (χ0n) is 18.5. The van der Waals surface area contributed by atoms with Gasteiger partial charge in [-0.1, -0.05) is 11.2 Å². The molecule has 2 N–H and O–H groups in total. The quantitative estimate of drug-likeness (QED) is 0.606. The summed E-state index contributed by atoms with van der Waals surface area (Å²) < 4.78 is 29.4. The van der Waals surface area contributed by atoms with Gasteiger partial charge in [0.2, 0.25) is 0 Å². The minimum atomic E-state index is -1.08. The molecule has 11 nitrogen and oxygen atoms in total. The Labute approximate surface area is 193 Å². The van der Waals surface area contributed by atoms with Crippen LogP contribution in [-0.2, 0) is 25.7 Å². The van der Waals surface area contributed by atoms with Gasteiger partial charge in [0.25, 0.3) is 5.91 Å². The summed E-state index contributed by atoms with van der Waals surface area (Å²) in [6, 6.07) is 5.84. The highest BCUT2D eigenvalue weighted by Crippen LogP contribution is 2.23. The molecule has 1 saturated heterocycles. The molecule has 2 aromatic rings. The second-order valence-corrected chi connectivity index (χ2v) is 7.76. The maximum absolute atomic E-state index is 13.6. The summed E-state index contributed by atoms with van der Waals surface area (Å²) in [5.74, 6) is -1.54. The number of rotatable bonds is 7. The van der Waals surface area contributed by atoms with Gasteiger partial charge in [-0.05, 0) is 30.7 Å². The average molecular weight is 474 g/mol. The van der Waals surface area contributed by atoms with E-state index in [1.165, 1.54) is 25.3 Å². The fraction of sp³-hybridized carbons (Fsp3) is 0.409. The number of halogens is 1. The van der Waals surface area contributed by atoms with Gasteiger partial charge in [-0.3, -0.25) is 4.79 Å². The number of nitrogens with zero attached hydrogens (tertiary/aromatic N) is 3. The number of carboxylic acids is 1. The second kappa shape index (κ2) is 10.1. The lowest BCUT2D eigenvalue weighted by Crippen LogP contribution is -2.45. The Morgan fingerprint density at radius 3 is 2.74 bits per heavy atom. The SMILES string of the molecule is COc1cc(CNC(=O)c2cc(C3=NO[C@H](C4COC(C(=O)O)CO4)C3)nc(C)n2)ccc1F. The van der Waals surface area contributed by atoms with E-state index in [-0.39, 0.29) is 31.2 Å². The molecule has 0 spiro atoms. The Kier molecular flexibility index (Phi) is 6.98. The molecule has 1 amide bonds. The van der Waals surface area contributed by atoms with E-state index >= 15 is 0 Å². The molecule has 0 saturated carbocycles. The molecule has 4 rings (SSSR count). The predicted octanol–water partition coefficient (Wildman–Crippen LogP) is 1.22. The number of ether oxygens (including phenoxy) is 3. The van der Waals surface area contributed by atoms with Crippen LogP contribution < -0.4 is 10.1 Å². The first kappa shape index (κ1) is 23.5. The van der Waals surface area contributed by atoms with Crippen molar-refractivity contribution >= 4 is 17.6 Å². The van der Waals surface area contributed by atoms with Crippen molar-refractivity contribution in [3.63, 3.8) is 0 Å². The second-order valence-electron chi connectivity index (χ2n) is 7.76. The summed E-state index contributed by atoms with van der Waals surface area (Å²) >= 11 is 0. The molecule has 3 atom stereocenters. The van der Waals surface area contributed by atoms with Crippen molar-refractivity contribution in [3.05, 3.63) is 52.9 Å². The maximum Gasteiger partial charge on any atom is 0.335 e. The van der Waals surface area contributed by atoms with Crippen molar-refractivity contribution in [1.82, 2.24) is 15.3 Å². The number of hydrogen-bond donors (Lipinski definition) is 2. The third-order valence-corrected chi connectivity index (χ3v) is 5.34. The van der Waals surface area contributed by atoms with E-state index < -0.39 is 36.0 Å². The summed E-state index contributed by atoms with van der Waals surface area (Å²) in [7, 11) is 1.37. The zero-order chi connectivity index (χ0) is 24.2. The van der Waals surface area contributed by atoms with Crippen LogP contribution in [0.5, 0.6) is 5.75 Å². The van der Waals surface area contributed by atoms with Crippen LogP contribution in [0.25, 0.3) is 0 Å². The lowest BCUT2D eigenvalue weighted by molar-refractivity contribution is -0.190. The van der Waals surface area contributed by atoms with Gasteiger partial charge in [0, 0.05) is 13.0 Å². The molecular weight excluding hydrogens is 451 g/mol. The number of nitrogens with one attached hydrogen (secondary N) is 1.